The zero-order chi connectivity index (χ0) is 24.2. The first-order valence-electron chi connectivity index (χ1n) is 13.5. The van der Waals surface area contributed by atoms with Crippen molar-refractivity contribution in [2.75, 3.05) is 0 Å². The van der Waals surface area contributed by atoms with Crippen molar-refractivity contribution in [3.8, 4) is 11.8 Å². The van der Waals surface area contributed by atoms with E-state index in [9.17, 15) is 4.79 Å². The summed E-state index contributed by atoms with van der Waals surface area (Å²) in [6, 6.07) is 16.2. The fourth-order valence-electron chi connectivity index (χ4n) is 5.03. The normalized spacial score (nSPS) is 18.6. The van der Waals surface area contributed by atoms with Crippen LogP contribution in [0.1, 0.15) is 124 Å². The Morgan fingerprint density at radius 2 is 1.47 bits per heavy atom. The van der Waals surface area contributed by atoms with Crippen molar-refractivity contribution in [3.05, 3.63) is 70.8 Å². The Labute approximate surface area is 207 Å². The molecule has 0 N–H and O–H groups in total. The second-order valence-electron chi connectivity index (χ2n) is 10.0. The topological polar surface area (TPSA) is 26.3 Å². The Morgan fingerprint density at radius 1 is 0.853 bits per heavy atom. The first-order chi connectivity index (χ1) is 16.6. The Morgan fingerprint density at radius 3 is 2.06 bits per heavy atom. The molecule has 1 aliphatic carbocycles. The van der Waals surface area contributed by atoms with E-state index in [4.69, 9.17) is 4.74 Å². The second-order valence-corrected chi connectivity index (χ2v) is 10.0. The number of unbranched alkanes of at least 4 members (excludes halogenated alkanes) is 3. The highest BCUT2D eigenvalue weighted by molar-refractivity contribution is 5.89. The minimum Gasteiger partial charge on any atom is -0.459 e. The van der Waals surface area contributed by atoms with Crippen LogP contribution in [0.15, 0.2) is 48.5 Å². The lowest BCUT2D eigenvalue weighted by molar-refractivity contribution is 0.0319. The van der Waals surface area contributed by atoms with E-state index in [0.717, 1.165) is 29.9 Å². The van der Waals surface area contributed by atoms with Gasteiger partial charge >= 0.3 is 5.97 Å². The summed E-state index contributed by atoms with van der Waals surface area (Å²) in [6.07, 6.45) is 13.8. The molecule has 0 bridgehead atoms. The van der Waals surface area contributed by atoms with Crippen LogP contribution in [0, 0.1) is 17.8 Å². The molecule has 0 aromatic heterocycles. The van der Waals surface area contributed by atoms with Crippen molar-refractivity contribution in [2.24, 2.45) is 5.92 Å². The molecule has 0 heterocycles. The lowest BCUT2D eigenvalue weighted by atomic mass is 9.77. The Kier molecular flexibility index (Phi) is 10.7. The molecule has 1 fully saturated rings. The van der Waals surface area contributed by atoms with Gasteiger partial charge in [0.15, 0.2) is 0 Å². The maximum atomic E-state index is 12.4. The van der Waals surface area contributed by atoms with E-state index in [2.05, 4.69) is 50.0 Å². The molecule has 2 nitrogen and oxygen atoms in total. The van der Waals surface area contributed by atoms with Gasteiger partial charge in [-0.15, -0.1) is 0 Å². The lowest BCUT2D eigenvalue weighted by Crippen LogP contribution is -2.15. The average Bonchev–Trinajstić information content (AvgIpc) is 2.87. The van der Waals surface area contributed by atoms with Crippen LogP contribution in [0.5, 0.6) is 0 Å². The monoisotopic (exact) mass is 458 g/mol. The van der Waals surface area contributed by atoms with Crippen molar-refractivity contribution in [1.29, 1.82) is 0 Å². The third-order valence-corrected chi connectivity index (χ3v) is 7.17. The molecule has 0 spiro atoms. The fourth-order valence-corrected chi connectivity index (χ4v) is 5.03. The SMILES string of the molecule is CCCCCCC(C)OC(=O)c1ccc(C#Cc2ccc(C3CCC(CCC)CC3)cc2)cc1. The number of hydrogen-bond donors (Lipinski definition) is 0. The Balaban J connectivity index is 1.49. The number of benzene rings is 2. The van der Waals surface area contributed by atoms with E-state index in [-0.39, 0.29) is 12.1 Å². The number of ether oxygens (including phenoxy) is 1. The summed E-state index contributed by atoms with van der Waals surface area (Å²) in [7, 11) is 0. The van der Waals surface area contributed by atoms with Crippen LogP contribution in [0.4, 0.5) is 0 Å². The van der Waals surface area contributed by atoms with Crippen LogP contribution < -0.4 is 0 Å². The summed E-state index contributed by atoms with van der Waals surface area (Å²) >= 11 is 0. The van der Waals surface area contributed by atoms with Crippen LogP contribution in [0.3, 0.4) is 0 Å². The van der Waals surface area contributed by atoms with Gasteiger partial charge in [0.05, 0.1) is 11.7 Å². The van der Waals surface area contributed by atoms with Gasteiger partial charge in [-0.25, -0.2) is 4.79 Å². The van der Waals surface area contributed by atoms with E-state index in [1.54, 1.807) is 0 Å². The average molecular weight is 459 g/mol. The van der Waals surface area contributed by atoms with Crippen molar-refractivity contribution >= 4 is 5.97 Å². The summed E-state index contributed by atoms with van der Waals surface area (Å²) in [5, 5.41) is 0. The van der Waals surface area contributed by atoms with Crippen LogP contribution in [-0.4, -0.2) is 12.1 Å². The molecule has 0 amide bonds. The molecule has 1 unspecified atom stereocenters. The van der Waals surface area contributed by atoms with E-state index >= 15 is 0 Å². The third kappa shape index (κ3) is 8.35. The molecule has 182 valence electrons. The summed E-state index contributed by atoms with van der Waals surface area (Å²) in [5.74, 6) is 7.89. The summed E-state index contributed by atoms with van der Waals surface area (Å²) in [5.41, 5.74) is 3.98. The van der Waals surface area contributed by atoms with Crippen LogP contribution in [0.2, 0.25) is 0 Å². The van der Waals surface area contributed by atoms with Gasteiger partial charge in [0.2, 0.25) is 0 Å². The van der Waals surface area contributed by atoms with E-state index in [0.29, 0.717) is 11.5 Å². The van der Waals surface area contributed by atoms with Crippen LogP contribution >= 0.6 is 0 Å². The van der Waals surface area contributed by atoms with Crippen molar-refractivity contribution < 1.29 is 9.53 Å². The largest absolute Gasteiger partial charge is 0.459 e. The van der Waals surface area contributed by atoms with Crippen molar-refractivity contribution in [2.45, 2.75) is 103 Å². The molecular weight excluding hydrogens is 416 g/mol. The van der Waals surface area contributed by atoms with Crippen molar-refractivity contribution in [1.82, 2.24) is 0 Å². The third-order valence-electron chi connectivity index (χ3n) is 7.17. The van der Waals surface area contributed by atoms with E-state index < -0.39 is 0 Å². The van der Waals surface area contributed by atoms with Gasteiger partial charge in [-0.05, 0) is 99.2 Å². The molecule has 1 aliphatic rings. The fraction of sp³-hybridized carbons (Fsp3) is 0.531. The summed E-state index contributed by atoms with van der Waals surface area (Å²) < 4.78 is 5.59. The van der Waals surface area contributed by atoms with Gasteiger partial charge in [-0.3, -0.25) is 0 Å². The molecule has 3 rings (SSSR count). The van der Waals surface area contributed by atoms with Gasteiger partial charge in [0, 0.05) is 11.1 Å². The minimum atomic E-state index is -0.248. The number of esters is 1. The molecule has 0 aliphatic heterocycles. The zero-order valence-corrected chi connectivity index (χ0v) is 21.4. The summed E-state index contributed by atoms with van der Waals surface area (Å²) in [6.45, 7) is 6.48. The zero-order valence-electron chi connectivity index (χ0n) is 21.4. The highest BCUT2D eigenvalue weighted by Gasteiger charge is 2.21. The number of rotatable bonds is 10. The number of carbonyl (C=O) groups is 1. The lowest BCUT2D eigenvalue weighted by Gasteiger charge is -2.28. The molecule has 1 saturated carbocycles. The molecule has 1 atom stereocenters. The minimum absolute atomic E-state index is 0.0434. The molecule has 0 saturated heterocycles. The van der Waals surface area contributed by atoms with Gasteiger partial charge in [0.25, 0.3) is 0 Å². The number of carbonyl (C=O) groups excluding carboxylic acids is 1. The Bertz CT molecular complexity index is 922. The van der Waals surface area contributed by atoms with Gasteiger partial charge in [-0.2, -0.15) is 0 Å². The van der Waals surface area contributed by atoms with E-state index in [1.165, 1.54) is 63.4 Å². The smallest absolute Gasteiger partial charge is 0.338 e. The molecule has 2 heteroatoms. The first kappa shape index (κ1) is 26.1. The highest BCUT2D eigenvalue weighted by atomic mass is 16.5. The Hall–Kier alpha value is -2.53. The molecule has 2 aromatic rings. The predicted molar refractivity (Wildman–Crippen MR) is 142 cm³/mol. The predicted octanol–water partition coefficient (Wildman–Crippen LogP) is 8.68. The quantitative estimate of drug-likeness (QED) is 0.202. The van der Waals surface area contributed by atoms with Gasteiger partial charge in [-0.1, -0.05) is 69.9 Å². The van der Waals surface area contributed by atoms with Crippen LogP contribution in [-0.2, 0) is 4.74 Å². The van der Waals surface area contributed by atoms with E-state index in [1.807, 2.05) is 31.2 Å². The highest BCUT2D eigenvalue weighted by Crippen LogP contribution is 2.37. The van der Waals surface area contributed by atoms with Crippen molar-refractivity contribution in [3.63, 3.8) is 0 Å². The summed E-state index contributed by atoms with van der Waals surface area (Å²) in [4.78, 5) is 12.4. The standard InChI is InChI=1S/C32H42O2/c1-4-6-7-8-10-25(3)34-32(33)31-23-17-28(18-24-31)12-11-27-15-21-30(22-16-27)29-19-13-26(9-5-2)14-20-29/h15-18,21-26,29H,4-10,13-14,19-20H2,1-3H3. The molecular formula is C32H42O2. The first-order valence-corrected chi connectivity index (χ1v) is 13.5. The number of hydrogen-bond acceptors (Lipinski definition) is 2. The molecule has 34 heavy (non-hydrogen) atoms. The molecule has 0 radical (unpaired) electrons. The van der Waals surface area contributed by atoms with Crippen LogP contribution in [0.25, 0.3) is 0 Å². The molecule has 2 aromatic carbocycles. The second kappa shape index (κ2) is 14.0. The maximum Gasteiger partial charge on any atom is 0.338 e. The van der Waals surface area contributed by atoms with Gasteiger partial charge in [0.1, 0.15) is 0 Å². The van der Waals surface area contributed by atoms with Gasteiger partial charge < -0.3 is 4.74 Å². The maximum absolute atomic E-state index is 12.4.